The molecule has 0 N–H and O–H groups in total. The maximum atomic E-state index is 13.4. The monoisotopic (exact) mass is 322 g/mol. The van der Waals surface area contributed by atoms with E-state index in [2.05, 4.69) is 0 Å². The molecule has 23 heavy (non-hydrogen) atoms. The third-order valence-corrected chi connectivity index (χ3v) is 2.93. The number of hydrogen-bond donors (Lipinski definition) is 0. The maximum absolute atomic E-state index is 13.4. The van der Waals surface area contributed by atoms with Gasteiger partial charge in [0.05, 0.1) is 5.56 Å². The molecule has 0 saturated heterocycles. The molecular weight excluding hydrogens is 311 g/mol. The minimum Gasteiger partial charge on any atom is -0.203 e. The Hall–Kier alpha value is -2.69. The molecule has 0 aliphatic rings. The number of rotatable bonds is 4. The topological polar surface area (TPSA) is 0 Å². The molecule has 0 aromatic heterocycles. The number of allylic oxidation sites excluding steroid dienone is 4. The third kappa shape index (κ3) is 3.94. The van der Waals surface area contributed by atoms with Crippen molar-refractivity contribution < 1.29 is 22.0 Å². The predicted octanol–water partition coefficient (Wildman–Crippen LogP) is 5.66. The number of hydrogen-bond acceptors (Lipinski definition) is 0. The largest absolute Gasteiger partial charge is 0.203 e. The highest BCUT2D eigenvalue weighted by atomic mass is 19.2. The second-order valence-electron chi connectivity index (χ2n) is 4.50. The van der Waals surface area contributed by atoms with Crippen LogP contribution in [0.1, 0.15) is 11.1 Å². The lowest BCUT2D eigenvalue weighted by Crippen LogP contribution is -2.03. The van der Waals surface area contributed by atoms with Crippen molar-refractivity contribution in [2.45, 2.75) is 0 Å². The Morgan fingerprint density at radius 3 is 1.57 bits per heavy atom. The molecule has 118 valence electrons. The second-order valence-corrected chi connectivity index (χ2v) is 4.50. The van der Waals surface area contributed by atoms with E-state index >= 15 is 0 Å². The highest BCUT2D eigenvalue weighted by molar-refractivity contribution is 5.54. The zero-order valence-corrected chi connectivity index (χ0v) is 11.7. The van der Waals surface area contributed by atoms with Crippen LogP contribution in [-0.2, 0) is 0 Å². The Morgan fingerprint density at radius 1 is 0.522 bits per heavy atom. The van der Waals surface area contributed by atoms with Crippen molar-refractivity contribution in [1.82, 2.24) is 0 Å². The molecule has 0 heterocycles. The first-order chi connectivity index (χ1) is 11.0. The molecule has 0 saturated carbocycles. The van der Waals surface area contributed by atoms with Gasteiger partial charge in [0, 0.05) is 0 Å². The van der Waals surface area contributed by atoms with Crippen LogP contribution in [0.25, 0.3) is 12.2 Å². The number of benzene rings is 2. The van der Waals surface area contributed by atoms with Crippen molar-refractivity contribution in [2.75, 3.05) is 0 Å². The van der Waals surface area contributed by atoms with Crippen molar-refractivity contribution in [3.8, 4) is 0 Å². The Labute approximate surface area is 129 Å². The molecule has 0 bridgehead atoms. The summed E-state index contributed by atoms with van der Waals surface area (Å²) >= 11 is 0. The summed E-state index contributed by atoms with van der Waals surface area (Å²) in [5.74, 6) is -9.80. The minimum atomic E-state index is -2.17. The molecule has 0 unspecified atom stereocenters. The number of halogens is 5. The van der Waals surface area contributed by atoms with E-state index in [1.54, 1.807) is 18.2 Å². The smallest absolute Gasteiger partial charge is 0.200 e. The van der Waals surface area contributed by atoms with Crippen LogP contribution in [0, 0.1) is 29.1 Å². The van der Waals surface area contributed by atoms with Gasteiger partial charge in [-0.25, -0.2) is 22.0 Å². The fraction of sp³-hybridized carbons (Fsp3) is 0. The van der Waals surface area contributed by atoms with Crippen LogP contribution in [0.3, 0.4) is 0 Å². The van der Waals surface area contributed by atoms with Gasteiger partial charge in [0.2, 0.25) is 5.82 Å². The molecule has 2 rings (SSSR count). The second kappa shape index (κ2) is 7.54. The molecule has 0 amide bonds. The molecule has 2 aromatic rings. The van der Waals surface area contributed by atoms with Gasteiger partial charge in [0.15, 0.2) is 23.3 Å². The summed E-state index contributed by atoms with van der Waals surface area (Å²) in [7, 11) is 0. The van der Waals surface area contributed by atoms with Gasteiger partial charge in [0.1, 0.15) is 0 Å². The van der Waals surface area contributed by atoms with Crippen molar-refractivity contribution in [1.29, 1.82) is 0 Å². The molecule has 2 aromatic carbocycles. The summed E-state index contributed by atoms with van der Waals surface area (Å²) in [6, 6.07) is 9.38. The highest BCUT2D eigenvalue weighted by Crippen LogP contribution is 2.23. The van der Waals surface area contributed by atoms with E-state index in [0.717, 1.165) is 11.6 Å². The average Bonchev–Trinajstić information content (AvgIpc) is 2.58. The predicted molar refractivity (Wildman–Crippen MR) is 79.9 cm³/mol. The average molecular weight is 322 g/mol. The SMILES string of the molecule is Fc1c(F)c(F)c(/C=C/C=C/C=C/c2ccccc2)c(F)c1F. The highest BCUT2D eigenvalue weighted by Gasteiger charge is 2.23. The molecule has 0 atom stereocenters. The lowest BCUT2D eigenvalue weighted by Gasteiger charge is -2.03. The minimum absolute atomic E-state index is 0.823. The lowest BCUT2D eigenvalue weighted by molar-refractivity contribution is 0.377. The molecule has 0 spiro atoms. The van der Waals surface area contributed by atoms with Crippen LogP contribution in [0.15, 0.2) is 54.6 Å². The summed E-state index contributed by atoms with van der Waals surface area (Å²) in [4.78, 5) is 0. The van der Waals surface area contributed by atoms with E-state index in [-0.39, 0.29) is 0 Å². The Kier molecular flexibility index (Phi) is 5.46. The van der Waals surface area contributed by atoms with Crippen molar-refractivity contribution in [2.24, 2.45) is 0 Å². The van der Waals surface area contributed by atoms with Crippen LogP contribution in [0.5, 0.6) is 0 Å². The lowest BCUT2D eigenvalue weighted by atomic mass is 10.1. The van der Waals surface area contributed by atoms with Gasteiger partial charge >= 0.3 is 0 Å². The fourth-order valence-electron chi connectivity index (χ4n) is 1.78. The van der Waals surface area contributed by atoms with Crippen LogP contribution < -0.4 is 0 Å². The van der Waals surface area contributed by atoms with Crippen LogP contribution >= 0.6 is 0 Å². The van der Waals surface area contributed by atoms with Gasteiger partial charge in [-0.15, -0.1) is 0 Å². The van der Waals surface area contributed by atoms with E-state index in [9.17, 15) is 22.0 Å². The van der Waals surface area contributed by atoms with E-state index < -0.39 is 34.6 Å². The molecule has 0 fully saturated rings. The standard InChI is InChI=1S/C18H11F5/c19-14-13(15(20)17(22)18(23)16(14)21)11-7-2-1-4-8-12-9-5-3-6-10-12/h1-11H/b2-1+,8-4+,11-7+. The van der Waals surface area contributed by atoms with Gasteiger partial charge in [0.25, 0.3) is 0 Å². The summed E-state index contributed by atoms with van der Waals surface area (Å²) in [5.41, 5.74) is -0.0148. The van der Waals surface area contributed by atoms with E-state index in [1.165, 1.54) is 12.2 Å². The quantitative estimate of drug-likeness (QED) is 0.295. The Balaban J connectivity index is 2.12. The zero-order valence-electron chi connectivity index (χ0n) is 11.7. The van der Waals surface area contributed by atoms with E-state index in [0.29, 0.717) is 0 Å². The van der Waals surface area contributed by atoms with E-state index in [1.807, 2.05) is 30.3 Å². The molecule has 0 aliphatic heterocycles. The van der Waals surface area contributed by atoms with Crippen molar-refractivity contribution in [3.63, 3.8) is 0 Å². The Bertz CT molecular complexity index is 745. The normalized spacial score (nSPS) is 12.0. The van der Waals surface area contributed by atoms with Crippen molar-refractivity contribution in [3.05, 3.63) is 94.8 Å². The summed E-state index contributed by atoms with van der Waals surface area (Å²) in [6.45, 7) is 0. The summed E-state index contributed by atoms with van der Waals surface area (Å²) in [6.07, 6.45) is 8.46. The van der Waals surface area contributed by atoms with Crippen LogP contribution in [-0.4, -0.2) is 0 Å². The maximum Gasteiger partial charge on any atom is 0.200 e. The molecular formula is C18H11F5. The summed E-state index contributed by atoms with van der Waals surface area (Å²) < 4.78 is 65.6. The van der Waals surface area contributed by atoms with Gasteiger partial charge in [-0.1, -0.05) is 60.7 Å². The summed E-state index contributed by atoms with van der Waals surface area (Å²) in [5, 5.41) is 0. The molecule has 0 aliphatic carbocycles. The van der Waals surface area contributed by atoms with E-state index in [4.69, 9.17) is 0 Å². The first-order valence-electron chi connectivity index (χ1n) is 6.60. The molecule has 0 nitrogen and oxygen atoms in total. The first-order valence-corrected chi connectivity index (χ1v) is 6.60. The fourth-order valence-corrected chi connectivity index (χ4v) is 1.78. The zero-order chi connectivity index (χ0) is 16.8. The first kappa shape index (κ1) is 16.7. The van der Waals surface area contributed by atoms with Gasteiger partial charge in [-0.3, -0.25) is 0 Å². The molecule has 0 radical (unpaired) electrons. The van der Waals surface area contributed by atoms with Gasteiger partial charge in [-0.05, 0) is 11.6 Å². The van der Waals surface area contributed by atoms with Gasteiger partial charge < -0.3 is 0 Å². The van der Waals surface area contributed by atoms with Crippen LogP contribution in [0.2, 0.25) is 0 Å². The van der Waals surface area contributed by atoms with Crippen LogP contribution in [0.4, 0.5) is 22.0 Å². The third-order valence-electron chi connectivity index (χ3n) is 2.93. The molecule has 5 heteroatoms. The van der Waals surface area contributed by atoms with Gasteiger partial charge in [-0.2, -0.15) is 0 Å². The Morgan fingerprint density at radius 2 is 1.00 bits per heavy atom. The van der Waals surface area contributed by atoms with Crippen molar-refractivity contribution >= 4 is 12.2 Å².